The van der Waals surface area contributed by atoms with Gasteiger partial charge in [0.15, 0.2) is 0 Å². The minimum Gasteiger partial charge on any atom is -0.550 e. The molecule has 0 aliphatic rings. The number of carboxylic acid groups (broad SMARTS) is 2. The van der Waals surface area contributed by atoms with E-state index in [0.717, 1.165) is 0 Å². The van der Waals surface area contributed by atoms with E-state index < -0.39 is 24.8 Å². The van der Waals surface area contributed by atoms with Gasteiger partial charge in [-0.25, -0.2) is 0 Å². The van der Waals surface area contributed by atoms with E-state index in [2.05, 4.69) is 0 Å². The van der Waals surface area contributed by atoms with Crippen LogP contribution in [0.2, 0.25) is 0 Å². The number of hydrogen-bond donors (Lipinski definition) is 2. The number of carboxylic acids is 2. The Bertz CT molecular complexity index is 105. The summed E-state index contributed by atoms with van der Waals surface area (Å²) in [5, 5.41) is 19.0. The molecule has 0 aromatic rings. The van der Waals surface area contributed by atoms with E-state index in [1.165, 1.54) is 0 Å². The summed E-state index contributed by atoms with van der Waals surface area (Å²) in [6.45, 7) is 0. The molecule has 0 saturated carbocycles. The van der Waals surface area contributed by atoms with Gasteiger partial charge in [-0.3, -0.25) is 0 Å². The van der Waals surface area contributed by atoms with Crippen molar-refractivity contribution >= 4 is 11.9 Å². The van der Waals surface area contributed by atoms with Gasteiger partial charge in [0.05, 0.1) is 0 Å². The summed E-state index contributed by atoms with van der Waals surface area (Å²) < 4.78 is 0. The number of carbonyl (C=O) groups excluding carboxylic acids is 2. The van der Waals surface area contributed by atoms with E-state index in [9.17, 15) is 19.8 Å². The third kappa shape index (κ3) is 26.6. The molecule has 0 amide bonds. The first-order valence-corrected chi connectivity index (χ1v) is 2.02. The molecule has 0 spiro atoms. The Labute approximate surface area is 74.6 Å². The van der Waals surface area contributed by atoms with Crippen molar-refractivity contribution in [1.82, 2.24) is 12.3 Å². The van der Waals surface area contributed by atoms with Gasteiger partial charge in [-0.05, 0) is 12.8 Å². The molecule has 1 radical (unpaired) electrons. The van der Waals surface area contributed by atoms with Crippen molar-refractivity contribution in [3.63, 3.8) is 0 Å². The molecule has 0 aromatic heterocycles. The molecule has 7 heteroatoms. The Morgan fingerprint density at radius 2 is 1.09 bits per heavy atom. The monoisotopic (exact) mass is 213 g/mol. The van der Waals surface area contributed by atoms with Gasteiger partial charge >= 0.3 is 17.1 Å². The van der Waals surface area contributed by atoms with Crippen molar-refractivity contribution in [1.29, 1.82) is 0 Å². The van der Waals surface area contributed by atoms with Crippen LogP contribution in [0.4, 0.5) is 0 Å². The molecule has 71 valence electrons. The Balaban J connectivity index is -0.0000000817. The molecule has 11 heavy (non-hydrogen) atoms. The third-order valence-corrected chi connectivity index (χ3v) is 0.533. The van der Waals surface area contributed by atoms with E-state index >= 15 is 0 Å². The fourth-order valence-electron chi connectivity index (χ4n) is 0.204. The van der Waals surface area contributed by atoms with Crippen LogP contribution in [0.5, 0.6) is 0 Å². The molecule has 0 saturated heterocycles. The fourth-order valence-corrected chi connectivity index (χ4v) is 0.204. The largest absolute Gasteiger partial charge is 2.00 e. The molecule has 0 aliphatic carbocycles. The summed E-state index contributed by atoms with van der Waals surface area (Å²) in [6.07, 6.45) is -0.940. The summed E-state index contributed by atoms with van der Waals surface area (Å²) >= 11 is 0. The smallest absolute Gasteiger partial charge is 0.550 e. The van der Waals surface area contributed by atoms with Crippen LogP contribution in [-0.4, -0.2) is 11.9 Å². The second kappa shape index (κ2) is 12.1. The number of rotatable bonds is 3. The van der Waals surface area contributed by atoms with Crippen molar-refractivity contribution in [2.75, 3.05) is 0 Å². The minimum atomic E-state index is -1.37. The standard InChI is InChI=1S/C4H6O4.Cu.2H3N/c5-3(6)1-2-4(7)8;;;/h1-2H2,(H,5,6)(H,7,8);;2*1H3/q;+2;;/p-2. The van der Waals surface area contributed by atoms with E-state index in [1.54, 1.807) is 0 Å². The Kier molecular flexibility index (Phi) is 24.7. The van der Waals surface area contributed by atoms with Gasteiger partial charge < -0.3 is 32.1 Å². The van der Waals surface area contributed by atoms with Crippen molar-refractivity contribution in [2.45, 2.75) is 12.8 Å². The Morgan fingerprint density at radius 3 is 1.18 bits per heavy atom. The van der Waals surface area contributed by atoms with Gasteiger partial charge in [0.25, 0.3) is 0 Å². The summed E-state index contributed by atoms with van der Waals surface area (Å²) in [5.74, 6) is -2.73. The predicted octanol–water partition coefficient (Wildman–Crippen LogP) is -2.41. The molecular formula is C4H10CuN2O4. The molecule has 0 fully saturated rings. The Morgan fingerprint density at radius 1 is 0.909 bits per heavy atom. The van der Waals surface area contributed by atoms with Crippen LogP contribution >= 0.6 is 0 Å². The van der Waals surface area contributed by atoms with Crippen molar-refractivity contribution in [3.05, 3.63) is 0 Å². The maximum atomic E-state index is 9.50. The molecule has 0 bridgehead atoms. The number of aliphatic carboxylic acids is 2. The summed E-state index contributed by atoms with van der Waals surface area (Å²) in [5.41, 5.74) is 0. The molecule has 0 aromatic carbocycles. The van der Waals surface area contributed by atoms with Gasteiger partial charge in [-0.15, -0.1) is 0 Å². The first kappa shape index (κ1) is 22.4. The fraction of sp³-hybridized carbons (Fsp3) is 0.500. The van der Waals surface area contributed by atoms with Crippen LogP contribution in [0.15, 0.2) is 0 Å². The van der Waals surface area contributed by atoms with Crippen LogP contribution in [0.1, 0.15) is 12.8 Å². The SMILES string of the molecule is N.N.O=C([O-])CCC(=O)[O-].[Cu+2]. The van der Waals surface area contributed by atoms with E-state index in [0.29, 0.717) is 0 Å². The van der Waals surface area contributed by atoms with Crippen LogP contribution in [0, 0.1) is 0 Å². The van der Waals surface area contributed by atoms with Gasteiger partial charge in [0, 0.05) is 11.9 Å². The molecule has 0 unspecified atom stereocenters. The zero-order valence-corrected chi connectivity index (χ0v) is 6.70. The first-order valence-electron chi connectivity index (χ1n) is 2.02. The second-order valence-electron chi connectivity index (χ2n) is 1.24. The zero-order chi connectivity index (χ0) is 6.57. The maximum Gasteiger partial charge on any atom is 2.00 e. The predicted molar refractivity (Wildman–Crippen MR) is 29.3 cm³/mol. The molecule has 6 nitrogen and oxygen atoms in total. The maximum absolute atomic E-state index is 9.50. The molecule has 6 N–H and O–H groups in total. The van der Waals surface area contributed by atoms with Gasteiger partial charge in [-0.2, -0.15) is 0 Å². The second-order valence-corrected chi connectivity index (χ2v) is 1.24. The number of carbonyl (C=O) groups is 2. The summed E-state index contributed by atoms with van der Waals surface area (Å²) in [7, 11) is 0. The van der Waals surface area contributed by atoms with Crippen molar-refractivity contribution < 1.29 is 36.9 Å². The summed E-state index contributed by atoms with van der Waals surface area (Å²) in [4.78, 5) is 19.0. The third-order valence-electron chi connectivity index (χ3n) is 0.533. The van der Waals surface area contributed by atoms with E-state index in [-0.39, 0.29) is 29.4 Å². The van der Waals surface area contributed by atoms with Crippen molar-refractivity contribution in [2.24, 2.45) is 0 Å². The molecule has 0 heterocycles. The zero-order valence-electron chi connectivity index (χ0n) is 5.76. The summed E-state index contributed by atoms with van der Waals surface area (Å²) in [6, 6.07) is 0. The minimum absolute atomic E-state index is 0. The molecule has 0 aliphatic heterocycles. The Hall–Kier alpha value is -0.621. The van der Waals surface area contributed by atoms with Crippen LogP contribution in [0.3, 0.4) is 0 Å². The molecular weight excluding hydrogens is 204 g/mol. The first-order chi connectivity index (χ1) is 3.63. The van der Waals surface area contributed by atoms with Crippen LogP contribution in [0.25, 0.3) is 0 Å². The van der Waals surface area contributed by atoms with Gasteiger partial charge in [-0.1, -0.05) is 0 Å². The van der Waals surface area contributed by atoms with Crippen LogP contribution < -0.4 is 22.5 Å². The van der Waals surface area contributed by atoms with Crippen LogP contribution in [-0.2, 0) is 26.7 Å². The normalized spacial score (nSPS) is 6.18. The number of hydrogen-bond acceptors (Lipinski definition) is 6. The van der Waals surface area contributed by atoms with Gasteiger partial charge in [0.1, 0.15) is 0 Å². The van der Waals surface area contributed by atoms with E-state index in [1.807, 2.05) is 0 Å². The quantitative estimate of drug-likeness (QED) is 0.498. The average molecular weight is 214 g/mol. The van der Waals surface area contributed by atoms with Gasteiger partial charge in [0.2, 0.25) is 0 Å². The molecule has 0 rings (SSSR count). The topological polar surface area (TPSA) is 150 Å². The van der Waals surface area contributed by atoms with E-state index in [4.69, 9.17) is 0 Å². The average Bonchev–Trinajstić information content (AvgIpc) is 1.61. The van der Waals surface area contributed by atoms with Crippen molar-refractivity contribution in [3.8, 4) is 0 Å². The molecule has 0 atom stereocenters.